The molecule has 0 spiro atoms. The molecule has 1 aromatic rings. The Labute approximate surface area is 147 Å². The van der Waals surface area contributed by atoms with Crippen LogP contribution in [-0.4, -0.2) is 68.5 Å². The van der Waals surface area contributed by atoms with E-state index in [1.165, 1.54) is 0 Å². The zero-order valence-electron chi connectivity index (χ0n) is 14.0. The standard InChI is InChI=1S/C16H22ClN3O3S/c1-10-4-5-11(6-13(10)17)18-16(21)20-7-12-14(19(2)3)9-24(22,23)15(12)8-20/h4-6,12,14-15H,7-9H2,1-3H3,(H,18,21)/t12-,14+,15-/m0/s1. The van der Waals surface area contributed by atoms with E-state index in [2.05, 4.69) is 5.32 Å². The number of urea groups is 1. The number of anilines is 1. The average molecular weight is 372 g/mol. The van der Waals surface area contributed by atoms with Crippen molar-refractivity contribution < 1.29 is 13.2 Å². The van der Waals surface area contributed by atoms with Crippen LogP contribution in [0.5, 0.6) is 0 Å². The fraction of sp³-hybridized carbons (Fsp3) is 0.562. The molecule has 1 N–H and O–H groups in total. The van der Waals surface area contributed by atoms with Gasteiger partial charge in [0.05, 0.1) is 11.0 Å². The highest BCUT2D eigenvalue weighted by Gasteiger charge is 2.53. The molecule has 2 amide bonds. The lowest BCUT2D eigenvalue weighted by Crippen LogP contribution is -2.39. The van der Waals surface area contributed by atoms with E-state index in [0.29, 0.717) is 17.3 Å². The summed E-state index contributed by atoms with van der Waals surface area (Å²) in [7, 11) is 0.623. The molecule has 0 aliphatic carbocycles. The van der Waals surface area contributed by atoms with Gasteiger partial charge in [0.15, 0.2) is 9.84 Å². The SMILES string of the molecule is Cc1ccc(NC(=O)N2C[C@H]3[C@H](N(C)C)CS(=O)(=O)[C@H]3C2)cc1Cl. The molecule has 2 aliphatic heterocycles. The van der Waals surface area contributed by atoms with E-state index in [1.807, 2.05) is 32.0 Å². The van der Waals surface area contributed by atoms with Crippen molar-refractivity contribution in [3.8, 4) is 0 Å². The molecule has 0 aromatic heterocycles. The first-order chi connectivity index (χ1) is 11.2. The molecule has 0 saturated carbocycles. The van der Waals surface area contributed by atoms with Crippen LogP contribution >= 0.6 is 11.6 Å². The van der Waals surface area contributed by atoms with Gasteiger partial charge in [-0.05, 0) is 38.7 Å². The average Bonchev–Trinajstić information content (AvgIpc) is 3.03. The van der Waals surface area contributed by atoms with Crippen LogP contribution in [0.2, 0.25) is 5.02 Å². The van der Waals surface area contributed by atoms with Gasteiger partial charge in [0.2, 0.25) is 0 Å². The summed E-state index contributed by atoms with van der Waals surface area (Å²) in [6.45, 7) is 2.60. The molecule has 1 aromatic carbocycles. The third-order valence-electron chi connectivity index (χ3n) is 5.04. The molecule has 24 heavy (non-hydrogen) atoms. The lowest BCUT2D eigenvalue weighted by Gasteiger charge is -2.25. The lowest BCUT2D eigenvalue weighted by atomic mass is 10.00. The molecule has 2 heterocycles. The van der Waals surface area contributed by atoms with E-state index in [0.717, 1.165) is 5.56 Å². The number of amides is 2. The number of rotatable bonds is 2. The fourth-order valence-corrected chi connectivity index (χ4v) is 6.26. The predicted octanol–water partition coefficient (Wildman–Crippen LogP) is 1.84. The zero-order valence-corrected chi connectivity index (χ0v) is 15.6. The molecular formula is C16H22ClN3O3S. The third kappa shape index (κ3) is 3.12. The van der Waals surface area contributed by atoms with Crippen LogP contribution in [0.15, 0.2) is 18.2 Å². The first-order valence-corrected chi connectivity index (χ1v) is 9.98. The second kappa shape index (κ2) is 6.20. The molecule has 132 valence electrons. The first-order valence-electron chi connectivity index (χ1n) is 7.89. The Morgan fingerprint density at radius 2 is 2.04 bits per heavy atom. The second-order valence-corrected chi connectivity index (χ2v) is 9.53. The van der Waals surface area contributed by atoms with Crippen molar-refractivity contribution in [2.24, 2.45) is 5.92 Å². The number of carbonyl (C=O) groups excluding carboxylic acids is 1. The summed E-state index contributed by atoms with van der Waals surface area (Å²) in [4.78, 5) is 16.0. The number of hydrogen-bond acceptors (Lipinski definition) is 4. The predicted molar refractivity (Wildman–Crippen MR) is 95.3 cm³/mol. The fourth-order valence-electron chi connectivity index (χ4n) is 3.60. The van der Waals surface area contributed by atoms with E-state index < -0.39 is 15.1 Å². The largest absolute Gasteiger partial charge is 0.323 e. The van der Waals surface area contributed by atoms with Crippen molar-refractivity contribution in [2.75, 3.05) is 38.3 Å². The van der Waals surface area contributed by atoms with Gasteiger partial charge in [-0.25, -0.2) is 13.2 Å². The van der Waals surface area contributed by atoms with Crippen LogP contribution in [0.1, 0.15) is 5.56 Å². The van der Waals surface area contributed by atoms with Crippen LogP contribution in [-0.2, 0) is 9.84 Å². The second-order valence-electron chi connectivity index (χ2n) is 6.86. The molecule has 0 bridgehead atoms. The minimum absolute atomic E-state index is 0.0302. The number of sulfone groups is 1. The number of aryl methyl sites for hydroxylation is 1. The summed E-state index contributed by atoms with van der Waals surface area (Å²) in [6, 6.07) is 5.01. The normalized spacial score (nSPS) is 28.2. The quantitative estimate of drug-likeness (QED) is 0.861. The van der Waals surface area contributed by atoms with Gasteiger partial charge in [0, 0.05) is 35.8 Å². The molecule has 2 fully saturated rings. The van der Waals surface area contributed by atoms with Crippen molar-refractivity contribution in [2.45, 2.75) is 18.2 Å². The number of benzene rings is 1. The maximum atomic E-state index is 12.5. The van der Waals surface area contributed by atoms with Gasteiger partial charge < -0.3 is 15.1 Å². The maximum absolute atomic E-state index is 12.5. The number of nitrogens with one attached hydrogen (secondary N) is 1. The Hall–Kier alpha value is -1.31. The van der Waals surface area contributed by atoms with Crippen LogP contribution in [0.4, 0.5) is 10.5 Å². The zero-order chi connectivity index (χ0) is 17.6. The number of halogens is 1. The summed E-state index contributed by atoms with van der Waals surface area (Å²) in [5.41, 5.74) is 1.55. The molecular weight excluding hydrogens is 350 g/mol. The summed E-state index contributed by atoms with van der Waals surface area (Å²) in [5, 5.41) is 2.93. The minimum Gasteiger partial charge on any atom is -0.323 e. The van der Waals surface area contributed by atoms with Gasteiger partial charge >= 0.3 is 6.03 Å². The first kappa shape index (κ1) is 17.5. The van der Waals surface area contributed by atoms with Crippen molar-refractivity contribution >= 4 is 33.2 Å². The Morgan fingerprint density at radius 1 is 1.33 bits per heavy atom. The highest BCUT2D eigenvalue weighted by atomic mass is 35.5. The third-order valence-corrected chi connectivity index (χ3v) is 7.68. The molecule has 2 aliphatic rings. The molecule has 3 rings (SSSR count). The number of hydrogen-bond donors (Lipinski definition) is 1. The Morgan fingerprint density at radius 3 is 2.67 bits per heavy atom. The summed E-state index contributed by atoms with van der Waals surface area (Å²) >= 11 is 6.08. The van der Waals surface area contributed by atoms with E-state index in [1.54, 1.807) is 17.0 Å². The van der Waals surface area contributed by atoms with Crippen molar-refractivity contribution in [3.05, 3.63) is 28.8 Å². The van der Waals surface area contributed by atoms with Gasteiger partial charge in [0.25, 0.3) is 0 Å². The number of fused-ring (bicyclic) bond motifs is 1. The smallest absolute Gasteiger partial charge is 0.321 e. The number of nitrogens with zero attached hydrogens (tertiary/aromatic N) is 2. The van der Waals surface area contributed by atoms with Gasteiger partial charge in [-0.15, -0.1) is 0 Å². The van der Waals surface area contributed by atoms with Crippen LogP contribution in [0, 0.1) is 12.8 Å². The molecule has 2 saturated heterocycles. The highest BCUT2D eigenvalue weighted by Crippen LogP contribution is 2.36. The Kier molecular flexibility index (Phi) is 4.53. The van der Waals surface area contributed by atoms with Gasteiger partial charge in [0.1, 0.15) is 0 Å². The number of likely N-dealkylation sites (tertiary alicyclic amines) is 1. The van der Waals surface area contributed by atoms with E-state index in [9.17, 15) is 13.2 Å². The van der Waals surface area contributed by atoms with Crippen molar-refractivity contribution in [1.29, 1.82) is 0 Å². The topological polar surface area (TPSA) is 69.7 Å². The minimum atomic E-state index is -3.15. The molecule has 0 unspecified atom stereocenters. The molecule has 6 nitrogen and oxygen atoms in total. The van der Waals surface area contributed by atoms with E-state index >= 15 is 0 Å². The van der Waals surface area contributed by atoms with Crippen LogP contribution < -0.4 is 5.32 Å². The van der Waals surface area contributed by atoms with E-state index in [-0.39, 0.29) is 30.3 Å². The summed E-state index contributed by atoms with van der Waals surface area (Å²) in [6.07, 6.45) is 0. The van der Waals surface area contributed by atoms with Gasteiger partial charge in [-0.3, -0.25) is 0 Å². The van der Waals surface area contributed by atoms with E-state index in [4.69, 9.17) is 11.6 Å². The highest BCUT2D eigenvalue weighted by molar-refractivity contribution is 7.92. The Bertz CT molecular complexity index is 766. The lowest BCUT2D eigenvalue weighted by molar-refractivity contribution is 0.210. The van der Waals surface area contributed by atoms with Crippen molar-refractivity contribution in [1.82, 2.24) is 9.80 Å². The van der Waals surface area contributed by atoms with Gasteiger partial charge in [-0.1, -0.05) is 17.7 Å². The maximum Gasteiger partial charge on any atom is 0.321 e. The number of carbonyl (C=O) groups is 1. The summed E-state index contributed by atoms with van der Waals surface area (Å²) in [5.74, 6) is 0.149. The van der Waals surface area contributed by atoms with Gasteiger partial charge in [-0.2, -0.15) is 0 Å². The van der Waals surface area contributed by atoms with Crippen LogP contribution in [0.3, 0.4) is 0 Å². The Balaban J connectivity index is 1.73. The summed E-state index contributed by atoms with van der Waals surface area (Å²) < 4.78 is 24.7. The van der Waals surface area contributed by atoms with Crippen molar-refractivity contribution in [3.63, 3.8) is 0 Å². The molecule has 3 atom stereocenters. The van der Waals surface area contributed by atoms with Crippen LogP contribution in [0.25, 0.3) is 0 Å². The monoisotopic (exact) mass is 371 g/mol. The molecule has 0 radical (unpaired) electrons. The molecule has 8 heteroatoms.